The van der Waals surface area contributed by atoms with Crippen molar-refractivity contribution in [3.63, 3.8) is 0 Å². The Bertz CT molecular complexity index is 726. The maximum atomic E-state index is 12.5. The predicted molar refractivity (Wildman–Crippen MR) is 86.8 cm³/mol. The number of rotatable bonds is 3. The molecule has 1 unspecified atom stereocenters. The highest BCUT2D eigenvalue weighted by molar-refractivity contribution is 5.93. The molecule has 0 radical (unpaired) electrons. The van der Waals surface area contributed by atoms with Gasteiger partial charge in [-0.05, 0) is 19.4 Å². The molecule has 2 saturated heterocycles. The number of carbonyl (C=O) groups excluding carboxylic acids is 1. The molecule has 1 atom stereocenters. The molecule has 2 aliphatic rings. The zero-order valence-electron chi connectivity index (χ0n) is 13.6. The first-order valence-electron chi connectivity index (χ1n) is 8.21. The summed E-state index contributed by atoms with van der Waals surface area (Å²) in [5.74, 6) is 1.62. The molecule has 2 aromatic rings. The van der Waals surface area contributed by atoms with E-state index in [-0.39, 0.29) is 11.9 Å². The first kappa shape index (κ1) is 15.1. The summed E-state index contributed by atoms with van der Waals surface area (Å²) in [5, 5.41) is 6.59. The predicted octanol–water partition coefficient (Wildman–Crippen LogP) is 0.932. The van der Waals surface area contributed by atoms with Crippen LogP contribution < -0.4 is 4.90 Å². The minimum absolute atomic E-state index is 0.00212. The first-order valence-corrected chi connectivity index (χ1v) is 8.21. The topological polar surface area (TPSA) is 87.2 Å². The molecule has 0 aliphatic carbocycles. The number of aromatic nitrogens is 4. The summed E-state index contributed by atoms with van der Waals surface area (Å²) in [6.07, 6.45) is 2.51. The molecule has 24 heavy (non-hydrogen) atoms. The Kier molecular flexibility index (Phi) is 3.89. The Morgan fingerprint density at radius 3 is 2.79 bits per heavy atom. The number of likely N-dealkylation sites (tertiary alicyclic amines) is 1. The van der Waals surface area contributed by atoms with E-state index < -0.39 is 0 Å². The van der Waals surface area contributed by atoms with Gasteiger partial charge in [0.1, 0.15) is 17.3 Å². The Hall–Kier alpha value is -2.48. The van der Waals surface area contributed by atoms with Crippen LogP contribution >= 0.6 is 0 Å². The summed E-state index contributed by atoms with van der Waals surface area (Å²) < 4.78 is 5.40. The number of nitrogens with zero attached hydrogens (tertiary/aromatic N) is 5. The third kappa shape index (κ3) is 2.73. The lowest BCUT2D eigenvalue weighted by Crippen LogP contribution is -2.46. The maximum Gasteiger partial charge on any atom is 0.272 e. The van der Waals surface area contributed by atoms with Gasteiger partial charge in [-0.3, -0.25) is 9.89 Å². The fourth-order valence-electron chi connectivity index (χ4n) is 3.17. The molecule has 4 heterocycles. The number of amides is 1. The van der Waals surface area contributed by atoms with Crippen LogP contribution in [0, 0.1) is 6.92 Å². The van der Waals surface area contributed by atoms with Crippen LogP contribution in [0.1, 0.15) is 34.5 Å². The average molecular weight is 328 g/mol. The molecular weight excluding hydrogens is 308 g/mol. The Labute approximate surface area is 139 Å². The normalized spacial score (nSPS) is 20.8. The standard InChI is InChI=1S/C16H20N6O2/c1-11-18-13(10-15(19-11)21-6-8-24-9-7-21)14-3-5-22(14)16(23)12-2-4-17-20-12/h2,4,10,14H,3,5-9H2,1H3,(H,17,20). The van der Waals surface area contributed by atoms with Crippen molar-refractivity contribution >= 4 is 11.7 Å². The van der Waals surface area contributed by atoms with Crippen LogP contribution in [0.25, 0.3) is 0 Å². The van der Waals surface area contributed by atoms with Gasteiger partial charge >= 0.3 is 0 Å². The third-order valence-corrected chi connectivity index (χ3v) is 4.53. The summed E-state index contributed by atoms with van der Waals surface area (Å²) in [6.45, 7) is 5.72. The van der Waals surface area contributed by atoms with E-state index >= 15 is 0 Å². The van der Waals surface area contributed by atoms with E-state index in [2.05, 4.69) is 25.1 Å². The van der Waals surface area contributed by atoms with Crippen LogP contribution in [0.4, 0.5) is 5.82 Å². The molecule has 1 amide bonds. The van der Waals surface area contributed by atoms with E-state index in [1.54, 1.807) is 12.3 Å². The lowest BCUT2D eigenvalue weighted by atomic mass is 9.98. The molecular formula is C16H20N6O2. The summed E-state index contributed by atoms with van der Waals surface area (Å²) in [5.41, 5.74) is 1.42. The van der Waals surface area contributed by atoms with Gasteiger partial charge in [0.2, 0.25) is 0 Å². The second-order valence-electron chi connectivity index (χ2n) is 6.07. The number of hydrogen-bond donors (Lipinski definition) is 1. The lowest BCUT2D eigenvalue weighted by Gasteiger charge is -2.40. The fraction of sp³-hybridized carbons (Fsp3) is 0.500. The summed E-state index contributed by atoms with van der Waals surface area (Å²) in [4.78, 5) is 25.7. The number of ether oxygens (including phenoxy) is 1. The number of hydrogen-bond acceptors (Lipinski definition) is 6. The van der Waals surface area contributed by atoms with Crippen molar-refractivity contribution in [2.24, 2.45) is 0 Å². The Morgan fingerprint density at radius 1 is 1.29 bits per heavy atom. The van der Waals surface area contributed by atoms with Gasteiger partial charge in [-0.25, -0.2) is 9.97 Å². The number of H-pyrrole nitrogens is 1. The van der Waals surface area contributed by atoms with Crippen molar-refractivity contribution in [1.29, 1.82) is 0 Å². The zero-order valence-corrected chi connectivity index (χ0v) is 13.6. The third-order valence-electron chi connectivity index (χ3n) is 4.53. The summed E-state index contributed by atoms with van der Waals surface area (Å²) in [7, 11) is 0. The largest absolute Gasteiger partial charge is 0.378 e. The number of anilines is 1. The second kappa shape index (κ2) is 6.20. The van der Waals surface area contributed by atoms with Crippen LogP contribution in [-0.4, -0.2) is 63.8 Å². The van der Waals surface area contributed by atoms with E-state index in [0.29, 0.717) is 18.9 Å². The summed E-state index contributed by atoms with van der Waals surface area (Å²) in [6, 6.07) is 3.71. The minimum atomic E-state index is -0.0343. The molecule has 126 valence electrons. The van der Waals surface area contributed by atoms with Crippen molar-refractivity contribution in [3.05, 3.63) is 35.5 Å². The first-order chi connectivity index (χ1) is 11.7. The fourth-order valence-corrected chi connectivity index (χ4v) is 3.17. The van der Waals surface area contributed by atoms with Crippen molar-refractivity contribution < 1.29 is 9.53 Å². The van der Waals surface area contributed by atoms with Gasteiger partial charge in [-0.1, -0.05) is 0 Å². The number of carbonyl (C=O) groups is 1. The molecule has 8 heteroatoms. The number of morpholine rings is 1. The molecule has 8 nitrogen and oxygen atoms in total. The molecule has 0 aromatic carbocycles. The minimum Gasteiger partial charge on any atom is -0.378 e. The van der Waals surface area contributed by atoms with Gasteiger partial charge in [-0.15, -0.1) is 0 Å². The van der Waals surface area contributed by atoms with Crippen LogP contribution in [0.3, 0.4) is 0 Å². The average Bonchev–Trinajstić information content (AvgIpc) is 3.08. The molecule has 0 spiro atoms. The van der Waals surface area contributed by atoms with Crippen molar-refractivity contribution in [2.45, 2.75) is 19.4 Å². The van der Waals surface area contributed by atoms with Crippen molar-refractivity contribution in [1.82, 2.24) is 25.1 Å². The molecule has 0 bridgehead atoms. The highest BCUT2D eigenvalue weighted by Crippen LogP contribution is 2.34. The van der Waals surface area contributed by atoms with E-state index in [9.17, 15) is 4.79 Å². The highest BCUT2D eigenvalue weighted by Gasteiger charge is 2.36. The SMILES string of the molecule is Cc1nc(C2CCN2C(=O)c2ccn[nH]2)cc(N2CCOCC2)n1. The van der Waals surface area contributed by atoms with E-state index in [0.717, 1.165) is 43.4 Å². The highest BCUT2D eigenvalue weighted by atomic mass is 16.5. The molecule has 1 N–H and O–H groups in total. The Balaban J connectivity index is 1.57. The van der Waals surface area contributed by atoms with E-state index in [4.69, 9.17) is 4.74 Å². The van der Waals surface area contributed by atoms with Gasteiger partial charge in [-0.2, -0.15) is 5.10 Å². The maximum absolute atomic E-state index is 12.5. The molecule has 2 aromatic heterocycles. The monoisotopic (exact) mass is 328 g/mol. The van der Waals surface area contributed by atoms with Crippen LogP contribution in [-0.2, 0) is 4.74 Å². The van der Waals surface area contributed by atoms with Gasteiger partial charge < -0.3 is 14.5 Å². The zero-order chi connectivity index (χ0) is 16.5. The van der Waals surface area contributed by atoms with Crippen LogP contribution in [0.15, 0.2) is 18.3 Å². The molecule has 2 fully saturated rings. The van der Waals surface area contributed by atoms with Crippen molar-refractivity contribution in [2.75, 3.05) is 37.7 Å². The molecule has 2 aliphatic heterocycles. The number of aryl methyl sites for hydroxylation is 1. The van der Waals surface area contributed by atoms with Gasteiger partial charge in [0.25, 0.3) is 5.91 Å². The van der Waals surface area contributed by atoms with E-state index in [1.807, 2.05) is 17.9 Å². The quantitative estimate of drug-likeness (QED) is 0.902. The van der Waals surface area contributed by atoms with Gasteiger partial charge in [0, 0.05) is 31.9 Å². The smallest absolute Gasteiger partial charge is 0.272 e. The molecule has 4 rings (SSSR count). The number of aromatic amines is 1. The van der Waals surface area contributed by atoms with Gasteiger partial charge in [0.15, 0.2) is 0 Å². The Morgan fingerprint density at radius 2 is 2.12 bits per heavy atom. The molecule has 0 saturated carbocycles. The summed E-state index contributed by atoms with van der Waals surface area (Å²) >= 11 is 0. The van der Waals surface area contributed by atoms with Crippen molar-refractivity contribution in [3.8, 4) is 0 Å². The van der Waals surface area contributed by atoms with Gasteiger partial charge in [0.05, 0.1) is 24.9 Å². The van der Waals surface area contributed by atoms with Crippen LogP contribution in [0.5, 0.6) is 0 Å². The number of nitrogens with one attached hydrogen (secondary N) is 1. The van der Waals surface area contributed by atoms with E-state index in [1.165, 1.54) is 0 Å². The van der Waals surface area contributed by atoms with Crippen LogP contribution in [0.2, 0.25) is 0 Å². The lowest BCUT2D eigenvalue weighted by molar-refractivity contribution is 0.0444. The second-order valence-corrected chi connectivity index (χ2v) is 6.07.